The Morgan fingerprint density at radius 3 is 2.74 bits per heavy atom. The number of carboxylic acid groups (broad SMARTS) is 1. The second-order valence-corrected chi connectivity index (χ2v) is 9.80. The first-order valence-corrected chi connectivity index (χ1v) is 11.0. The third-order valence-electron chi connectivity index (χ3n) is 7.39. The maximum Gasteiger partial charge on any atom is 0.347 e. The van der Waals surface area contributed by atoms with Crippen molar-refractivity contribution in [3.05, 3.63) is 29.3 Å². The number of hydrogen-bond donors (Lipinski definition) is 9. The number of benzene rings is 1. The first-order chi connectivity index (χ1) is 15.9. The van der Waals surface area contributed by atoms with E-state index in [2.05, 4.69) is 34.8 Å². The molecule has 11 N–H and O–H groups in total. The van der Waals surface area contributed by atoms with E-state index in [4.69, 9.17) is 16.2 Å². The molecule has 0 aliphatic carbocycles. The highest BCUT2D eigenvalue weighted by atomic mass is 16.5. The van der Waals surface area contributed by atoms with E-state index >= 15 is 0 Å². The van der Waals surface area contributed by atoms with Gasteiger partial charge in [0.1, 0.15) is 11.8 Å². The van der Waals surface area contributed by atoms with E-state index < -0.39 is 41.5 Å². The fraction of sp³-hybridized carbons (Fsp3) is 0.524. The molecule has 4 atom stereocenters. The van der Waals surface area contributed by atoms with E-state index in [-0.39, 0.29) is 29.4 Å². The van der Waals surface area contributed by atoms with Gasteiger partial charge in [-0.05, 0) is 17.9 Å². The topological polar surface area (TPSA) is 209 Å². The number of hydrogen-bond acceptors (Lipinski definition) is 9. The van der Waals surface area contributed by atoms with Crippen molar-refractivity contribution in [2.75, 3.05) is 13.2 Å². The second kappa shape index (κ2) is 6.96. The fourth-order valence-corrected chi connectivity index (χ4v) is 5.53. The largest absolute Gasteiger partial charge is 0.492 e. The Morgan fingerprint density at radius 1 is 1.29 bits per heavy atom. The molecule has 1 aromatic rings. The average Bonchev–Trinajstić information content (AvgIpc) is 3.22. The number of aliphatic carboxylic acids is 1. The van der Waals surface area contributed by atoms with Crippen LogP contribution in [0.25, 0.3) is 0 Å². The number of fused-ring (bicyclic) bond motifs is 1. The smallest absolute Gasteiger partial charge is 0.347 e. The van der Waals surface area contributed by atoms with Crippen LogP contribution in [0.2, 0.25) is 0 Å². The highest BCUT2D eigenvalue weighted by Gasteiger charge is 2.79. The van der Waals surface area contributed by atoms with Crippen LogP contribution < -0.4 is 37.1 Å². The number of carbonyl (C=O) groups excluding carboxylic acids is 1. The predicted octanol–water partition coefficient (Wildman–Crippen LogP) is -5.01. The number of nitrogens with two attached hydrogens (primary N) is 2. The van der Waals surface area contributed by atoms with E-state index in [9.17, 15) is 24.9 Å². The molecule has 4 aliphatic rings. The van der Waals surface area contributed by atoms with Gasteiger partial charge in [-0.1, -0.05) is 26.0 Å². The molecule has 13 nitrogen and oxygen atoms in total. The molecule has 0 bridgehead atoms. The van der Waals surface area contributed by atoms with Gasteiger partial charge in [-0.25, -0.2) is 14.7 Å². The van der Waals surface area contributed by atoms with Gasteiger partial charge in [-0.2, -0.15) is 0 Å². The summed E-state index contributed by atoms with van der Waals surface area (Å²) in [5.41, 5.74) is 11.1. The van der Waals surface area contributed by atoms with Crippen molar-refractivity contribution in [1.29, 1.82) is 0 Å². The van der Waals surface area contributed by atoms with Crippen molar-refractivity contribution in [1.82, 2.24) is 16.0 Å². The lowest BCUT2D eigenvalue weighted by Gasteiger charge is -2.40. The normalized spacial score (nSPS) is 32.2. The standard InChI is InChI=1S/C21H27N7O6/c1-19(2)6-7-34-13-9(4-3-5-10(13)19)15(29)24-11-8-28-18(23)25-12(16(30)31)14-20(28,21(11,32)33)27-17(22)26-14/h3-5,11-12,14,32-33H,6-8H2,1-2H3,(H7,22,23,24,25,26,27,29,30,31)/p+2/t11-,12?,14-,20-/m0/s1. The van der Waals surface area contributed by atoms with Crippen LogP contribution in [-0.2, 0) is 10.2 Å². The zero-order valence-corrected chi connectivity index (χ0v) is 18.8. The SMILES string of the molecule is CC1(C)CCOc2c(C(=O)N[C@H]3C[N+]4=C(N)NC(C(=O)O)[C@@H]5[NH+]=C(N)N[C@@]54C3(O)O)cccc21. The molecule has 13 heteroatoms. The molecule has 1 fully saturated rings. The summed E-state index contributed by atoms with van der Waals surface area (Å²) < 4.78 is 7.19. The van der Waals surface area contributed by atoms with Crippen LogP contribution in [0.15, 0.2) is 18.2 Å². The van der Waals surface area contributed by atoms with Gasteiger partial charge >= 0.3 is 17.9 Å². The molecule has 0 saturated carbocycles. The summed E-state index contributed by atoms with van der Waals surface area (Å²) in [6.07, 6.45) is 0.798. The van der Waals surface area contributed by atoms with Crippen molar-refractivity contribution >= 4 is 23.8 Å². The number of aliphatic hydroxyl groups is 2. The number of ether oxygens (including phenoxy) is 1. The Labute approximate surface area is 194 Å². The Balaban J connectivity index is 1.51. The van der Waals surface area contributed by atoms with Crippen molar-refractivity contribution in [3.63, 3.8) is 0 Å². The third kappa shape index (κ3) is 2.80. The highest BCUT2D eigenvalue weighted by molar-refractivity contribution is 5.98. The van der Waals surface area contributed by atoms with Gasteiger partial charge in [-0.15, -0.1) is 0 Å². The first-order valence-electron chi connectivity index (χ1n) is 11.0. The van der Waals surface area contributed by atoms with Crippen LogP contribution in [0.5, 0.6) is 5.75 Å². The van der Waals surface area contributed by atoms with Gasteiger partial charge < -0.3 is 25.4 Å². The lowest BCUT2D eigenvalue weighted by Crippen LogP contribution is -2.92. The van der Waals surface area contributed by atoms with Crippen LogP contribution in [0.1, 0.15) is 36.2 Å². The van der Waals surface area contributed by atoms with Gasteiger partial charge in [0.25, 0.3) is 17.4 Å². The van der Waals surface area contributed by atoms with Gasteiger partial charge in [0.2, 0.25) is 6.04 Å². The molecule has 4 aliphatic heterocycles. The Bertz CT molecular complexity index is 1160. The zero-order valence-electron chi connectivity index (χ0n) is 18.8. The number of guanidine groups is 2. The molecule has 1 saturated heterocycles. The predicted molar refractivity (Wildman–Crippen MR) is 117 cm³/mol. The maximum absolute atomic E-state index is 13.3. The van der Waals surface area contributed by atoms with E-state index in [0.717, 1.165) is 12.0 Å². The van der Waals surface area contributed by atoms with Crippen molar-refractivity contribution in [3.8, 4) is 5.75 Å². The second-order valence-electron chi connectivity index (χ2n) is 9.80. The minimum atomic E-state index is -2.67. The molecule has 1 unspecified atom stereocenters. The lowest BCUT2D eigenvalue weighted by molar-refractivity contribution is -0.672. The van der Waals surface area contributed by atoms with E-state index in [1.807, 2.05) is 6.07 Å². The minimum absolute atomic E-state index is 0.0510. The number of para-hydroxylation sites is 1. The molecule has 34 heavy (non-hydrogen) atoms. The Morgan fingerprint density at radius 2 is 2.03 bits per heavy atom. The van der Waals surface area contributed by atoms with Gasteiger partial charge in [0, 0.05) is 5.56 Å². The quantitative estimate of drug-likeness (QED) is 0.150. The number of nitrogens with one attached hydrogen (secondary N) is 4. The number of carbonyl (C=O) groups is 2. The first kappa shape index (κ1) is 22.2. The van der Waals surface area contributed by atoms with Crippen LogP contribution in [0.3, 0.4) is 0 Å². The highest BCUT2D eigenvalue weighted by Crippen LogP contribution is 2.41. The summed E-state index contributed by atoms with van der Waals surface area (Å²) in [4.78, 5) is 28.0. The average molecular weight is 476 g/mol. The molecule has 182 valence electrons. The number of carboxylic acids is 1. The summed E-state index contributed by atoms with van der Waals surface area (Å²) in [5, 5.41) is 40.5. The third-order valence-corrected chi connectivity index (χ3v) is 7.39. The van der Waals surface area contributed by atoms with Crippen molar-refractivity contribution in [2.45, 2.75) is 55.3 Å². The fourth-order valence-electron chi connectivity index (χ4n) is 5.53. The van der Waals surface area contributed by atoms with E-state index in [1.165, 1.54) is 4.58 Å². The maximum atomic E-state index is 13.3. The van der Waals surface area contributed by atoms with Crippen LogP contribution >= 0.6 is 0 Å². The molecule has 1 aromatic carbocycles. The van der Waals surface area contributed by atoms with Crippen molar-refractivity contribution in [2.24, 2.45) is 11.5 Å². The van der Waals surface area contributed by atoms with E-state index in [0.29, 0.717) is 12.4 Å². The van der Waals surface area contributed by atoms with Crippen LogP contribution in [0, 0.1) is 0 Å². The number of rotatable bonds is 3. The number of amides is 1. The monoisotopic (exact) mass is 475 g/mol. The molecule has 5 rings (SSSR count). The van der Waals surface area contributed by atoms with Crippen LogP contribution in [-0.4, -0.2) is 86.4 Å². The van der Waals surface area contributed by atoms with Gasteiger partial charge in [-0.3, -0.25) is 26.6 Å². The number of nitrogens with zero attached hydrogens (tertiary/aromatic N) is 1. The molecule has 1 amide bonds. The van der Waals surface area contributed by atoms with E-state index in [1.54, 1.807) is 12.1 Å². The lowest BCUT2D eigenvalue weighted by atomic mass is 9.79. The summed E-state index contributed by atoms with van der Waals surface area (Å²) >= 11 is 0. The van der Waals surface area contributed by atoms with Crippen molar-refractivity contribution < 1.29 is 39.2 Å². The molecule has 0 radical (unpaired) electrons. The van der Waals surface area contributed by atoms with Gasteiger partial charge in [0.05, 0.1) is 18.7 Å². The Kier molecular flexibility index (Phi) is 4.55. The molecule has 4 heterocycles. The van der Waals surface area contributed by atoms with Gasteiger partial charge in [0.15, 0.2) is 6.04 Å². The minimum Gasteiger partial charge on any atom is -0.492 e. The molecular formula is C21H29N7O6+2. The summed E-state index contributed by atoms with van der Waals surface area (Å²) in [5.74, 6) is -4.19. The summed E-state index contributed by atoms with van der Waals surface area (Å²) in [7, 11) is 0. The molecular weight excluding hydrogens is 446 g/mol. The van der Waals surface area contributed by atoms with Crippen LogP contribution in [0.4, 0.5) is 0 Å². The summed E-state index contributed by atoms with van der Waals surface area (Å²) in [6.45, 7) is 4.46. The molecule has 0 aromatic heterocycles. The Hall–Kier alpha value is -3.58. The summed E-state index contributed by atoms with van der Waals surface area (Å²) in [6, 6.07) is 1.57. The zero-order chi connectivity index (χ0) is 24.6. The molecule has 1 spiro atoms.